The molecule has 0 radical (unpaired) electrons. The second-order valence-electron chi connectivity index (χ2n) is 21.1. The van der Waals surface area contributed by atoms with Crippen molar-refractivity contribution in [1.82, 2.24) is 5.32 Å². The Morgan fingerprint density at radius 2 is 0.582 bits per heavy atom. The Balaban J connectivity index is 3.47. The number of rotatable bonds is 57. The third-order valence-corrected chi connectivity index (χ3v) is 14.3. The van der Waals surface area contributed by atoms with E-state index in [0.717, 1.165) is 32.1 Å². The van der Waals surface area contributed by atoms with Gasteiger partial charge in [0.1, 0.15) is 0 Å². The van der Waals surface area contributed by atoms with Gasteiger partial charge in [0.25, 0.3) is 0 Å². The minimum atomic E-state index is -0.862. The van der Waals surface area contributed by atoms with Crippen LogP contribution in [0.25, 0.3) is 0 Å². The average molecular weight is 941 g/mol. The zero-order valence-corrected chi connectivity index (χ0v) is 45.7. The summed E-state index contributed by atoms with van der Waals surface area (Å²) in [6.45, 7) is 4.34. The minimum Gasteiger partial charge on any atom is -0.394 e. The lowest BCUT2D eigenvalue weighted by atomic mass is 10.0. The Morgan fingerprint density at radius 1 is 0.343 bits per heavy atom. The quantitative estimate of drug-likeness (QED) is 0.0420. The van der Waals surface area contributed by atoms with Crippen LogP contribution >= 0.6 is 0 Å². The molecule has 0 aromatic heterocycles. The summed E-state index contributed by atoms with van der Waals surface area (Å²) in [4.78, 5) is 12.5. The lowest BCUT2D eigenvalue weighted by molar-refractivity contribution is -0.123. The van der Waals surface area contributed by atoms with Gasteiger partial charge in [0, 0.05) is 6.42 Å². The number of carbonyl (C=O) groups is 1. The molecule has 0 aromatic rings. The Bertz CT molecular complexity index is 1020. The Kier molecular flexibility index (Phi) is 57.7. The summed E-state index contributed by atoms with van der Waals surface area (Å²) in [7, 11) is 0. The summed E-state index contributed by atoms with van der Waals surface area (Å²) in [6, 6.07) is -0.639. The van der Waals surface area contributed by atoms with Crippen molar-refractivity contribution in [2.24, 2.45) is 0 Å². The lowest BCUT2D eigenvalue weighted by Gasteiger charge is -2.19. The molecule has 0 aromatic carbocycles. The molecule has 4 nitrogen and oxygen atoms in total. The van der Waals surface area contributed by atoms with Gasteiger partial charge in [-0.25, -0.2) is 0 Å². The Labute approximate surface area is 421 Å². The highest BCUT2D eigenvalue weighted by molar-refractivity contribution is 5.76. The van der Waals surface area contributed by atoms with Crippen LogP contribution in [-0.4, -0.2) is 34.9 Å². The van der Waals surface area contributed by atoms with E-state index in [0.29, 0.717) is 6.42 Å². The second kappa shape index (κ2) is 58.9. The van der Waals surface area contributed by atoms with Crippen LogP contribution in [0.2, 0.25) is 0 Å². The summed E-state index contributed by atoms with van der Waals surface area (Å²) < 4.78 is 0. The fourth-order valence-corrected chi connectivity index (χ4v) is 9.66. The highest BCUT2D eigenvalue weighted by Crippen LogP contribution is 2.18. The molecule has 0 aliphatic heterocycles. The van der Waals surface area contributed by atoms with E-state index in [-0.39, 0.29) is 12.5 Å². The van der Waals surface area contributed by atoms with Crippen LogP contribution in [0.5, 0.6) is 0 Å². The van der Waals surface area contributed by atoms with Gasteiger partial charge in [0.2, 0.25) is 5.91 Å². The minimum absolute atomic E-state index is 0.0678. The van der Waals surface area contributed by atoms with Crippen LogP contribution in [0.4, 0.5) is 0 Å². The molecule has 1 amide bonds. The normalized spacial score (nSPS) is 13.0. The molecule has 2 atom stereocenters. The van der Waals surface area contributed by atoms with Gasteiger partial charge in [0.15, 0.2) is 0 Å². The number of hydrogen-bond donors (Lipinski definition) is 3. The maximum Gasteiger partial charge on any atom is 0.220 e. The molecule has 396 valence electrons. The maximum absolute atomic E-state index is 12.5. The van der Waals surface area contributed by atoms with E-state index in [9.17, 15) is 15.0 Å². The molecule has 0 heterocycles. The number of unbranched alkanes of at least 4 members (excludes halogenated alkanes) is 46. The van der Waals surface area contributed by atoms with Gasteiger partial charge >= 0.3 is 0 Å². The number of nitrogens with one attached hydrogen (secondary N) is 1. The van der Waals surface area contributed by atoms with Gasteiger partial charge in [-0.15, -0.1) is 0 Å². The van der Waals surface area contributed by atoms with Gasteiger partial charge in [0.05, 0.1) is 18.8 Å². The van der Waals surface area contributed by atoms with Crippen molar-refractivity contribution in [3.05, 3.63) is 36.5 Å². The van der Waals surface area contributed by atoms with Crippen molar-refractivity contribution >= 4 is 5.91 Å². The number of hydrogen-bond acceptors (Lipinski definition) is 3. The van der Waals surface area contributed by atoms with Gasteiger partial charge < -0.3 is 15.5 Å². The summed E-state index contributed by atoms with van der Waals surface area (Å²) in [6.07, 6.45) is 80.5. The predicted molar refractivity (Wildman–Crippen MR) is 299 cm³/mol. The van der Waals surface area contributed by atoms with E-state index in [4.69, 9.17) is 0 Å². The summed E-state index contributed by atoms with van der Waals surface area (Å²) in [5.41, 5.74) is 0. The zero-order chi connectivity index (χ0) is 48.5. The van der Waals surface area contributed by atoms with E-state index in [1.807, 2.05) is 6.08 Å². The number of amides is 1. The maximum atomic E-state index is 12.5. The molecule has 0 spiro atoms. The van der Waals surface area contributed by atoms with Crippen molar-refractivity contribution < 1.29 is 15.0 Å². The molecule has 2 unspecified atom stereocenters. The van der Waals surface area contributed by atoms with Gasteiger partial charge in [-0.3, -0.25) is 4.79 Å². The number of carbonyl (C=O) groups excluding carboxylic acids is 1. The van der Waals surface area contributed by atoms with Crippen molar-refractivity contribution in [3.8, 4) is 0 Å². The largest absolute Gasteiger partial charge is 0.394 e. The van der Waals surface area contributed by atoms with Crippen LogP contribution in [0.15, 0.2) is 36.5 Å². The molecule has 0 fully saturated rings. The molecule has 0 bridgehead atoms. The molecular formula is C63H121NO3. The third kappa shape index (κ3) is 55.4. The zero-order valence-electron chi connectivity index (χ0n) is 45.7. The smallest absolute Gasteiger partial charge is 0.220 e. The first-order valence-electron chi connectivity index (χ1n) is 30.7. The Hall–Kier alpha value is -1.39. The van der Waals surface area contributed by atoms with Crippen molar-refractivity contribution in [2.75, 3.05) is 6.61 Å². The summed E-state index contributed by atoms with van der Waals surface area (Å²) in [5.74, 6) is -0.0678. The van der Waals surface area contributed by atoms with E-state index in [1.165, 1.54) is 289 Å². The average Bonchev–Trinajstić information content (AvgIpc) is 3.33. The van der Waals surface area contributed by atoms with Crippen LogP contribution < -0.4 is 5.32 Å². The highest BCUT2D eigenvalue weighted by atomic mass is 16.3. The summed E-state index contributed by atoms with van der Waals surface area (Å²) in [5, 5.41) is 23.2. The van der Waals surface area contributed by atoms with Crippen LogP contribution in [-0.2, 0) is 4.79 Å². The first-order chi connectivity index (χ1) is 33.2. The van der Waals surface area contributed by atoms with E-state index >= 15 is 0 Å². The summed E-state index contributed by atoms with van der Waals surface area (Å²) >= 11 is 0. The second-order valence-corrected chi connectivity index (χ2v) is 21.1. The monoisotopic (exact) mass is 940 g/mol. The number of aliphatic hydroxyl groups excluding tert-OH is 2. The van der Waals surface area contributed by atoms with Crippen LogP contribution in [0.3, 0.4) is 0 Å². The molecule has 4 heteroatoms. The SMILES string of the molecule is CCCCCCCCCCCCCC/C=C\CCCCCCCCCCCCCCCCCCC(=O)NC(CO)C(O)/C=C/CC/C=C/CCCCCCCCCCCCCCCCCCC. The van der Waals surface area contributed by atoms with Crippen molar-refractivity contribution in [3.63, 3.8) is 0 Å². The van der Waals surface area contributed by atoms with E-state index in [2.05, 4.69) is 43.5 Å². The number of allylic oxidation sites excluding steroid dienone is 5. The molecule has 0 saturated heterocycles. The van der Waals surface area contributed by atoms with Crippen molar-refractivity contribution in [2.45, 2.75) is 353 Å². The Morgan fingerprint density at radius 3 is 0.866 bits per heavy atom. The van der Waals surface area contributed by atoms with Gasteiger partial charge in [-0.05, 0) is 57.8 Å². The molecule has 0 saturated carbocycles. The highest BCUT2D eigenvalue weighted by Gasteiger charge is 2.18. The topological polar surface area (TPSA) is 69.6 Å². The van der Waals surface area contributed by atoms with Crippen LogP contribution in [0, 0.1) is 0 Å². The molecule has 0 aliphatic rings. The fraction of sp³-hybridized carbons (Fsp3) is 0.889. The first-order valence-corrected chi connectivity index (χ1v) is 30.7. The molecule has 0 aliphatic carbocycles. The van der Waals surface area contributed by atoms with E-state index < -0.39 is 12.1 Å². The van der Waals surface area contributed by atoms with E-state index in [1.54, 1.807) is 6.08 Å². The van der Waals surface area contributed by atoms with Gasteiger partial charge in [-0.1, -0.05) is 314 Å². The van der Waals surface area contributed by atoms with Crippen molar-refractivity contribution in [1.29, 1.82) is 0 Å². The predicted octanol–water partition coefficient (Wildman–Crippen LogP) is 20.4. The molecule has 0 rings (SSSR count). The first kappa shape index (κ1) is 65.6. The third-order valence-electron chi connectivity index (χ3n) is 14.3. The standard InChI is InChI=1S/C63H121NO3/c1-3-5-7-9-11-13-15-17-19-21-23-25-27-28-29-30-31-32-33-34-35-37-39-41-43-45-47-49-51-53-55-57-59-63(67)64-61(60-65)62(66)58-56-54-52-50-48-46-44-42-40-38-36-26-24-22-20-18-16-14-12-10-8-6-4-2/h28-29,48,50,56,58,61-62,65-66H,3-27,30-47,49,51-55,57,59-60H2,1-2H3,(H,64,67)/b29-28-,50-48+,58-56+. The van der Waals surface area contributed by atoms with Crippen LogP contribution in [0.1, 0.15) is 341 Å². The lowest BCUT2D eigenvalue weighted by Crippen LogP contribution is -2.45. The molecule has 3 N–H and O–H groups in total. The number of aliphatic hydroxyl groups is 2. The van der Waals surface area contributed by atoms with Gasteiger partial charge in [-0.2, -0.15) is 0 Å². The fourth-order valence-electron chi connectivity index (χ4n) is 9.66. The molecule has 67 heavy (non-hydrogen) atoms. The molecular weight excluding hydrogens is 819 g/mol.